The van der Waals surface area contributed by atoms with Gasteiger partial charge in [0.25, 0.3) is 0 Å². The fourth-order valence-electron chi connectivity index (χ4n) is 2.46. The largest absolute Gasteiger partial charge is 0.447 e. The lowest BCUT2D eigenvalue weighted by Gasteiger charge is -2.30. The number of nitrogens with one attached hydrogen (secondary N) is 1. The van der Waals surface area contributed by atoms with Gasteiger partial charge in [-0.05, 0) is 18.7 Å². The van der Waals surface area contributed by atoms with Gasteiger partial charge in [0.05, 0.1) is 12.7 Å². The lowest BCUT2D eigenvalue weighted by Crippen LogP contribution is -2.35. The highest BCUT2D eigenvalue weighted by molar-refractivity contribution is 5.19. The van der Waals surface area contributed by atoms with Crippen LogP contribution in [0.5, 0.6) is 0 Å². The van der Waals surface area contributed by atoms with Gasteiger partial charge in [-0.2, -0.15) is 0 Å². The molecule has 0 saturated carbocycles. The van der Waals surface area contributed by atoms with Crippen LogP contribution in [0.3, 0.4) is 0 Å². The summed E-state index contributed by atoms with van der Waals surface area (Å²) >= 11 is 0. The third-order valence-electron chi connectivity index (χ3n) is 3.56. The molecule has 0 saturated heterocycles. The monoisotopic (exact) mass is 273 g/mol. The second-order valence-electron chi connectivity index (χ2n) is 4.75. The summed E-state index contributed by atoms with van der Waals surface area (Å²) in [4.78, 5) is 6.39. The first-order chi connectivity index (χ1) is 9.85. The molecule has 1 aromatic heterocycles. The maximum absolute atomic E-state index is 5.25. The lowest BCUT2D eigenvalue weighted by molar-refractivity contribution is 0.212. The molecule has 0 spiro atoms. The van der Waals surface area contributed by atoms with Crippen LogP contribution in [0.15, 0.2) is 47.3 Å². The third kappa shape index (κ3) is 3.92. The van der Waals surface area contributed by atoms with Gasteiger partial charge in [-0.1, -0.05) is 44.2 Å². The van der Waals surface area contributed by atoms with Crippen LogP contribution in [0.1, 0.15) is 31.2 Å². The summed E-state index contributed by atoms with van der Waals surface area (Å²) < 4.78 is 5.25. The summed E-state index contributed by atoms with van der Waals surface area (Å²) in [6.45, 7) is 8.10. The summed E-state index contributed by atoms with van der Waals surface area (Å²) in [5.41, 5.74) is 1.35. The fourth-order valence-corrected chi connectivity index (χ4v) is 2.46. The van der Waals surface area contributed by atoms with E-state index in [0.29, 0.717) is 12.6 Å². The Bertz CT molecular complexity index is 466. The number of hydrogen-bond donors (Lipinski definition) is 1. The van der Waals surface area contributed by atoms with Crippen LogP contribution in [0.2, 0.25) is 0 Å². The maximum Gasteiger partial charge on any atom is 0.180 e. The molecule has 0 aliphatic carbocycles. The van der Waals surface area contributed by atoms with Gasteiger partial charge < -0.3 is 9.73 Å². The topological polar surface area (TPSA) is 41.3 Å². The molecular weight excluding hydrogens is 250 g/mol. The predicted octanol–water partition coefficient (Wildman–Crippen LogP) is 2.85. The molecule has 0 aliphatic heterocycles. The van der Waals surface area contributed by atoms with Crippen molar-refractivity contribution in [3.05, 3.63) is 54.2 Å². The van der Waals surface area contributed by atoms with Gasteiger partial charge in [-0.15, -0.1) is 0 Å². The number of aromatic nitrogens is 1. The number of likely N-dealkylation sites (N-methyl/N-ethyl adjacent to an activating group) is 1. The molecule has 1 unspecified atom stereocenters. The summed E-state index contributed by atoms with van der Waals surface area (Å²) in [6.07, 6.45) is 3.22. The number of hydrogen-bond acceptors (Lipinski definition) is 4. The Morgan fingerprint density at radius 1 is 1.20 bits per heavy atom. The molecule has 0 fully saturated rings. The van der Waals surface area contributed by atoms with E-state index in [1.807, 2.05) is 0 Å². The highest BCUT2D eigenvalue weighted by atomic mass is 16.3. The number of oxazole rings is 1. The molecule has 0 radical (unpaired) electrons. The van der Waals surface area contributed by atoms with E-state index in [0.717, 1.165) is 25.4 Å². The second kappa shape index (κ2) is 7.82. The average molecular weight is 273 g/mol. The van der Waals surface area contributed by atoms with E-state index in [1.54, 1.807) is 6.20 Å². The molecule has 4 nitrogen and oxygen atoms in total. The Morgan fingerprint density at radius 2 is 1.95 bits per heavy atom. The third-order valence-corrected chi connectivity index (χ3v) is 3.56. The average Bonchev–Trinajstić information content (AvgIpc) is 3.01. The zero-order chi connectivity index (χ0) is 14.2. The normalized spacial score (nSPS) is 12.8. The minimum absolute atomic E-state index is 0.383. The van der Waals surface area contributed by atoms with Crippen LogP contribution in [-0.2, 0) is 6.54 Å². The van der Waals surface area contributed by atoms with Crippen LogP contribution in [0, 0.1) is 0 Å². The van der Waals surface area contributed by atoms with Crippen molar-refractivity contribution in [1.29, 1.82) is 0 Å². The molecule has 4 heteroatoms. The molecule has 2 aromatic rings. The maximum atomic E-state index is 5.25. The predicted molar refractivity (Wildman–Crippen MR) is 80.3 cm³/mol. The fraction of sp³-hybridized carbons (Fsp3) is 0.438. The Hall–Kier alpha value is -1.65. The van der Waals surface area contributed by atoms with Crippen molar-refractivity contribution >= 4 is 0 Å². The molecule has 2 rings (SSSR count). The standard InChI is InChI=1S/C16H23N3O/c1-3-19(4-2)16(14-8-6-5-7-9-14)12-17-10-15-11-18-13-20-15/h5-9,11,13,16-17H,3-4,10,12H2,1-2H3. The molecule has 108 valence electrons. The van der Waals surface area contributed by atoms with Crippen molar-refractivity contribution < 1.29 is 4.42 Å². The summed E-state index contributed by atoms with van der Waals surface area (Å²) in [7, 11) is 0. The first kappa shape index (κ1) is 14.8. The van der Waals surface area contributed by atoms with Crippen molar-refractivity contribution in [2.45, 2.75) is 26.4 Å². The van der Waals surface area contributed by atoms with Crippen LogP contribution in [0.25, 0.3) is 0 Å². The van der Waals surface area contributed by atoms with E-state index in [1.165, 1.54) is 12.0 Å². The van der Waals surface area contributed by atoms with E-state index in [2.05, 4.69) is 59.4 Å². The van der Waals surface area contributed by atoms with Crippen molar-refractivity contribution in [1.82, 2.24) is 15.2 Å². The minimum atomic E-state index is 0.383. The molecule has 0 bridgehead atoms. The first-order valence-corrected chi connectivity index (χ1v) is 7.22. The van der Waals surface area contributed by atoms with Crippen LogP contribution < -0.4 is 5.32 Å². The second-order valence-corrected chi connectivity index (χ2v) is 4.75. The zero-order valence-electron chi connectivity index (χ0n) is 12.2. The summed E-state index contributed by atoms with van der Waals surface area (Å²) in [5, 5.41) is 3.46. The van der Waals surface area contributed by atoms with E-state index in [9.17, 15) is 0 Å². The van der Waals surface area contributed by atoms with Gasteiger partial charge >= 0.3 is 0 Å². The number of benzene rings is 1. The molecule has 1 atom stereocenters. The molecule has 1 aromatic carbocycles. The van der Waals surface area contributed by atoms with E-state index in [4.69, 9.17) is 4.42 Å². The Balaban J connectivity index is 1.99. The van der Waals surface area contributed by atoms with Crippen LogP contribution >= 0.6 is 0 Å². The molecule has 20 heavy (non-hydrogen) atoms. The highest BCUT2D eigenvalue weighted by Crippen LogP contribution is 2.19. The van der Waals surface area contributed by atoms with Crippen molar-refractivity contribution in [3.63, 3.8) is 0 Å². The van der Waals surface area contributed by atoms with Crippen molar-refractivity contribution in [2.24, 2.45) is 0 Å². The lowest BCUT2D eigenvalue weighted by atomic mass is 10.1. The smallest absolute Gasteiger partial charge is 0.180 e. The molecule has 1 heterocycles. The van der Waals surface area contributed by atoms with Gasteiger partial charge in [-0.3, -0.25) is 4.90 Å². The quantitative estimate of drug-likeness (QED) is 0.803. The zero-order valence-corrected chi connectivity index (χ0v) is 12.2. The van der Waals surface area contributed by atoms with Gasteiger partial charge in [0.15, 0.2) is 6.39 Å². The first-order valence-electron chi connectivity index (χ1n) is 7.22. The highest BCUT2D eigenvalue weighted by Gasteiger charge is 2.17. The Labute approximate surface area is 120 Å². The Morgan fingerprint density at radius 3 is 2.55 bits per heavy atom. The summed E-state index contributed by atoms with van der Waals surface area (Å²) in [5.74, 6) is 0.872. The van der Waals surface area contributed by atoms with Gasteiger partial charge in [0.2, 0.25) is 0 Å². The number of rotatable bonds is 8. The van der Waals surface area contributed by atoms with Gasteiger partial charge in [-0.25, -0.2) is 4.98 Å². The van der Waals surface area contributed by atoms with E-state index >= 15 is 0 Å². The summed E-state index contributed by atoms with van der Waals surface area (Å²) in [6, 6.07) is 11.0. The van der Waals surface area contributed by atoms with Gasteiger partial charge in [0.1, 0.15) is 5.76 Å². The molecule has 0 amide bonds. The molecule has 0 aliphatic rings. The molecule has 1 N–H and O–H groups in total. The molecular formula is C16H23N3O. The van der Waals surface area contributed by atoms with Crippen LogP contribution in [-0.4, -0.2) is 29.5 Å². The van der Waals surface area contributed by atoms with Gasteiger partial charge in [0, 0.05) is 12.6 Å². The van der Waals surface area contributed by atoms with Crippen molar-refractivity contribution in [2.75, 3.05) is 19.6 Å². The number of nitrogens with zero attached hydrogens (tertiary/aromatic N) is 2. The minimum Gasteiger partial charge on any atom is -0.447 e. The van der Waals surface area contributed by atoms with Crippen LogP contribution in [0.4, 0.5) is 0 Å². The Kier molecular flexibility index (Phi) is 5.77. The SMILES string of the molecule is CCN(CC)C(CNCc1cnco1)c1ccccc1. The van der Waals surface area contributed by atoms with Crippen molar-refractivity contribution in [3.8, 4) is 0 Å². The van der Waals surface area contributed by atoms with E-state index < -0.39 is 0 Å². The van der Waals surface area contributed by atoms with E-state index in [-0.39, 0.29) is 0 Å².